The lowest BCUT2D eigenvalue weighted by atomic mass is 9.89. The summed E-state index contributed by atoms with van der Waals surface area (Å²) < 4.78 is 0. The zero-order valence-electron chi connectivity index (χ0n) is 16.7. The molecule has 166 valence electrons. The van der Waals surface area contributed by atoms with E-state index in [4.69, 9.17) is 10.2 Å². The summed E-state index contributed by atoms with van der Waals surface area (Å²) in [7, 11) is 0. The van der Waals surface area contributed by atoms with Gasteiger partial charge in [0.1, 0.15) is 0 Å². The smallest absolute Gasteiger partial charge is 0.303 e. The summed E-state index contributed by atoms with van der Waals surface area (Å²) in [4.78, 5) is 42.6. The Morgan fingerprint density at radius 3 is 1.64 bits per heavy atom. The number of carboxylic acids is 2. The van der Waals surface area contributed by atoms with Crippen molar-refractivity contribution in [1.82, 2.24) is 5.32 Å². The molecule has 7 nitrogen and oxygen atoms in total. The minimum Gasteiger partial charge on any atom is -0.481 e. The van der Waals surface area contributed by atoms with Crippen molar-refractivity contribution in [1.29, 1.82) is 0 Å². The molecule has 0 aliphatic carbocycles. The van der Waals surface area contributed by atoms with Gasteiger partial charge in [0.15, 0.2) is 0 Å². The number of hydrogen-bond donors (Lipinski definition) is 3. The highest BCUT2D eigenvalue weighted by atomic mass is 128. The van der Waals surface area contributed by atoms with Gasteiger partial charge in [-0.2, -0.15) is 0 Å². The Labute approximate surface area is 207 Å². The van der Waals surface area contributed by atoms with Gasteiger partial charge in [-0.05, 0) is 36.5 Å². The topological polar surface area (TPSA) is 121 Å². The molecular formula is C18H32I3NO6. The Bertz CT molecular complexity index is 454. The van der Waals surface area contributed by atoms with Crippen molar-refractivity contribution in [3.05, 3.63) is 0 Å². The van der Waals surface area contributed by atoms with E-state index < -0.39 is 11.9 Å². The molecule has 1 rings (SSSR count). The van der Waals surface area contributed by atoms with Crippen molar-refractivity contribution in [3.8, 4) is 0 Å². The van der Waals surface area contributed by atoms with Crippen molar-refractivity contribution >= 4 is 85.0 Å². The van der Waals surface area contributed by atoms with Crippen LogP contribution >= 0.6 is 61.2 Å². The van der Waals surface area contributed by atoms with E-state index in [0.717, 1.165) is 6.42 Å². The predicted molar refractivity (Wildman–Crippen MR) is 136 cm³/mol. The van der Waals surface area contributed by atoms with Crippen LogP contribution in [-0.4, -0.2) is 34.0 Å². The quantitative estimate of drug-likeness (QED) is 0.236. The minimum absolute atomic E-state index is 0. The van der Waals surface area contributed by atoms with E-state index in [0.29, 0.717) is 31.1 Å². The zero-order chi connectivity index (χ0) is 21.6. The second kappa shape index (κ2) is 19.2. The normalized spacial score (nSPS) is 13.8. The van der Waals surface area contributed by atoms with Crippen molar-refractivity contribution in [2.24, 2.45) is 23.7 Å². The lowest BCUT2D eigenvalue weighted by Gasteiger charge is -2.21. The molecule has 0 aromatic carbocycles. The zero-order valence-corrected chi connectivity index (χ0v) is 23.4. The summed E-state index contributed by atoms with van der Waals surface area (Å²) in [5.74, 6) is -1.15. The van der Waals surface area contributed by atoms with Gasteiger partial charge < -0.3 is 10.2 Å². The molecular weight excluding hydrogens is 707 g/mol. The van der Waals surface area contributed by atoms with Gasteiger partial charge >= 0.3 is 11.9 Å². The van der Waals surface area contributed by atoms with E-state index in [1.807, 2.05) is 13.8 Å². The Balaban J connectivity index is -0.000000397. The van der Waals surface area contributed by atoms with Gasteiger partial charge in [0.25, 0.3) is 0 Å². The maximum Gasteiger partial charge on any atom is 0.303 e. The second-order valence-corrected chi connectivity index (χ2v) is 7.57. The number of carbonyl (C=O) groups excluding carboxylic acids is 2. The molecule has 10 heteroatoms. The maximum absolute atomic E-state index is 10.9. The van der Waals surface area contributed by atoms with Crippen LogP contribution in [0.15, 0.2) is 0 Å². The van der Waals surface area contributed by atoms with E-state index >= 15 is 0 Å². The van der Waals surface area contributed by atoms with Gasteiger partial charge in [0.05, 0.1) is 0 Å². The summed E-state index contributed by atoms with van der Waals surface area (Å²) in [6.07, 6.45) is 2.56. The van der Waals surface area contributed by atoms with E-state index in [-0.39, 0.29) is 60.5 Å². The summed E-state index contributed by atoms with van der Waals surface area (Å²) in [6, 6.07) is 0. The maximum atomic E-state index is 10.9. The van der Waals surface area contributed by atoms with Crippen LogP contribution in [0.2, 0.25) is 0 Å². The Morgan fingerprint density at radius 1 is 0.964 bits per heavy atom. The third kappa shape index (κ3) is 21.0. The van der Waals surface area contributed by atoms with Crippen LogP contribution in [0.4, 0.5) is 0 Å². The third-order valence-corrected chi connectivity index (χ3v) is 3.76. The number of carboxylic acid groups (broad SMARTS) is 2. The fraction of sp³-hybridized carbons (Fsp3) is 0.778. The van der Waals surface area contributed by atoms with Gasteiger partial charge in [-0.15, -0.1) is 24.0 Å². The molecule has 0 aromatic heterocycles. The van der Waals surface area contributed by atoms with Gasteiger partial charge in [0, 0.05) is 62.9 Å². The van der Waals surface area contributed by atoms with Crippen LogP contribution in [0.3, 0.4) is 0 Å². The molecule has 0 aromatic rings. The lowest BCUT2D eigenvalue weighted by molar-refractivity contribution is -0.141. The standard InChI is InChI=1S/C9H15NO2.C9H16O4.I2.HI/c1-6(2)3-7-4-8(11)10-9(12)5-7;1-6(2)3-7(4-8(10)11)5-9(12)13;1-2;/h6-7H,3-5H2,1-2H3,(H,10,11,12);6-7H,3-5H2,1-2H3,(H,10,11)(H,12,13);;1H. The second-order valence-electron chi connectivity index (χ2n) is 7.57. The van der Waals surface area contributed by atoms with E-state index in [1.165, 1.54) is 0 Å². The summed E-state index contributed by atoms with van der Waals surface area (Å²) in [6.45, 7) is 8.13. The first kappa shape index (κ1) is 32.9. The van der Waals surface area contributed by atoms with E-state index in [1.54, 1.807) is 0 Å². The average molecular weight is 739 g/mol. The number of halogens is 3. The highest BCUT2D eigenvalue weighted by molar-refractivity contribution is 15.0. The van der Waals surface area contributed by atoms with Gasteiger partial charge in [-0.1, -0.05) is 27.7 Å². The Kier molecular flexibility index (Phi) is 22.6. The number of rotatable bonds is 8. The SMILES string of the molecule is CC(C)CC(CC(=O)O)CC(=O)O.CC(C)CC1CC(=O)NC(=O)C1.I.II. The van der Waals surface area contributed by atoms with Crippen LogP contribution in [0.1, 0.15) is 66.2 Å². The number of amides is 2. The summed E-state index contributed by atoms with van der Waals surface area (Å²) >= 11 is 4.24. The van der Waals surface area contributed by atoms with Gasteiger partial charge in [-0.25, -0.2) is 0 Å². The van der Waals surface area contributed by atoms with E-state index in [9.17, 15) is 19.2 Å². The Hall–Kier alpha value is 0.270. The molecule has 0 atom stereocenters. The van der Waals surface area contributed by atoms with Crippen LogP contribution in [0.25, 0.3) is 0 Å². The summed E-state index contributed by atoms with van der Waals surface area (Å²) in [5.41, 5.74) is 0. The number of carbonyl (C=O) groups is 4. The van der Waals surface area contributed by atoms with Crippen LogP contribution in [-0.2, 0) is 19.2 Å². The molecule has 1 aliphatic heterocycles. The van der Waals surface area contributed by atoms with Crippen LogP contribution in [0, 0.1) is 23.7 Å². The molecule has 1 heterocycles. The molecule has 0 radical (unpaired) electrons. The molecule has 2 amide bonds. The molecule has 0 bridgehead atoms. The van der Waals surface area contributed by atoms with Crippen molar-refractivity contribution in [2.45, 2.75) is 66.2 Å². The number of piperidine rings is 1. The number of aliphatic carboxylic acids is 2. The van der Waals surface area contributed by atoms with Crippen LogP contribution < -0.4 is 5.32 Å². The fourth-order valence-electron chi connectivity index (χ4n) is 3.09. The first-order valence-electron chi connectivity index (χ1n) is 8.90. The molecule has 1 fully saturated rings. The molecule has 28 heavy (non-hydrogen) atoms. The third-order valence-electron chi connectivity index (χ3n) is 3.76. The average Bonchev–Trinajstić information content (AvgIpc) is 2.45. The largest absolute Gasteiger partial charge is 0.481 e. The fourth-order valence-corrected chi connectivity index (χ4v) is 3.09. The first-order chi connectivity index (χ1) is 12.5. The summed E-state index contributed by atoms with van der Waals surface area (Å²) in [5, 5.41) is 19.3. The van der Waals surface area contributed by atoms with Crippen LogP contribution in [0.5, 0.6) is 0 Å². The molecule has 0 spiro atoms. The molecule has 3 N–H and O–H groups in total. The number of imide groups is 1. The highest BCUT2D eigenvalue weighted by Crippen LogP contribution is 2.21. The highest BCUT2D eigenvalue weighted by Gasteiger charge is 2.25. The van der Waals surface area contributed by atoms with Gasteiger partial charge in [0.2, 0.25) is 11.8 Å². The molecule has 1 aliphatic rings. The number of hydrogen-bond acceptors (Lipinski definition) is 4. The van der Waals surface area contributed by atoms with Crippen molar-refractivity contribution in [2.75, 3.05) is 0 Å². The van der Waals surface area contributed by atoms with Crippen molar-refractivity contribution < 1.29 is 29.4 Å². The molecule has 1 saturated heterocycles. The lowest BCUT2D eigenvalue weighted by Crippen LogP contribution is -2.38. The minimum atomic E-state index is -0.924. The first-order valence-corrected chi connectivity index (χ1v) is 15.2. The monoisotopic (exact) mass is 739 g/mol. The van der Waals surface area contributed by atoms with E-state index in [2.05, 4.69) is 56.4 Å². The molecule has 0 unspecified atom stereocenters. The predicted octanol–water partition coefficient (Wildman–Crippen LogP) is 5.07. The van der Waals surface area contributed by atoms with Crippen molar-refractivity contribution in [3.63, 3.8) is 0 Å². The number of nitrogens with one attached hydrogen (secondary N) is 1. The molecule has 0 saturated carbocycles. The van der Waals surface area contributed by atoms with Gasteiger partial charge in [-0.3, -0.25) is 24.5 Å². The Morgan fingerprint density at radius 2 is 1.36 bits per heavy atom.